The first-order chi connectivity index (χ1) is 11.3. The van der Waals surface area contributed by atoms with Gasteiger partial charge >= 0.3 is 0 Å². The third-order valence-corrected chi connectivity index (χ3v) is 3.34. The molecule has 0 aliphatic heterocycles. The molecule has 1 N–H and O–H groups in total. The van der Waals surface area contributed by atoms with E-state index in [0.29, 0.717) is 5.88 Å². The molecule has 0 bridgehead atoms. The van der Waals surface area contributed by atoms with E-state index in [1.54, 1.807) is 50.1 Å². The second kappa shape index (κ2) is 6.83. The normalized spacial score (nSPS) is 11.7. The molecular weight excluding hydrogens is 295 g/mol. The summed E-state index contributed by atoms with van der Waals surface area (Å²) >= 11 is 0. The SMILES string of the molecule is COc1ccc(N[C@H](c2ccc(F)cc2)c2cnccn2)cn1. The Kier molecular flexibility index (Phi) is 4.42. The Morgan fingerprint density at radius 2 is 1.83 bits per heavy atom. The molecule has 0 saturated heterocycles. The fourth-order valence-corrected chi connectivity index (χ4v) is 2.20. The first-order valence-electron chi connectivity index (χ1n) is 7.04. The minimum atomic E-state index is -0.280. The molecule has 3 aromatic rings. The number of anilines is 1. The summed E-state index contributed by atoms with van der Waals surface area (Å²) in [6.07, 6.45) is 6.59. The van der Waals surface area contributed by atoms with Crippen molar-refractivity contribution < 1.29 is 9.13 Å². The Labute approximate surface area is 133 Å². The molecule has 0 unspecified atom stereocenters. The van der Waals surface area contributed by atoms with Gasteiger partial charge in [-0.15, -0.1) is 0 Å². The molecule has 0 aliphatic rings. The highest BCUT2D eigenvalue weighted by Crippen LogP contribution is 2.25. The minimum absolute atomic E-state index is 0.264. The van der Waals surface area contributed by atoms with Crippen LogP contribution in [0.4, 0.5) is 10.1 Å². The molecule has 6 heteroatoms. The van der Waals surface area contributed by atoms with Crippen LogP contribution in [0, 0.1) is 5.82 Å². The summed E-state index contributed by atoms with van der Waals surface area (Å²) in [5.74, 6) is 0.256. The van der Waals surface area contributed by atoms with Crippen LogP contribution in [0.15, 0.2) is 61.2 Å². The van der Waals surface area contributed by atoms with Gasteiger partial charge < -0.3 is 10.1 Å². The maximum absolute atomic E-state index is 13.2. The van der Waals surface area contributed by atoms with Gasteiger partial charge in [-0.25, -0.2) is 9.37 Å². The molecule has 0 amide bonds. The maximum atomic E-state index is 13.2. The Hall–Kier alpha value is -3.02. The van der Waals surface area contributed by atoms with Gasteiger partial charge in [0.2, 0.25) is 5.88 Å². The Bertz CT molecular complexity index is 748. The molecule has 0 fully saturated rings. The van der Waals surface area contributed by atoms with Crippen molar-refractivity contribution >= 4 is 5.69 Å². The van der Waals surface area contributed by atoms with Crippen molar-refractivity contribution in [3.8, 4) is 5.88 Å². The molecule has 0 saturated carbocycles. The molecule has 2 heterocycles. The standard InChI is InChI=1S/C17H15FN4O/c1-23-16-7-6-14(10-21-16)22-17(15-11-19-8-9-20-15)12-2-4-13(18)5-3-12/h2-11,17,22H,1H3/t17-/m1/s1. The zero-order valence-corrected chi connectivity index (χ0v) is 12.5. The lowest BCUT2D eigenvalue weighted by atomic mass is 10.0. The summed E-state index contributed by atoms with van der Waals surface area (Å²) in [5, 5.41) is 3.34. The highest BCUT2D eigenvalue weighted by Gasteiger charge is 2.16. The molecule has 1 atom stereocenters. The molecule has 23 heavy (non-hydrogen) atoms. The summed E-state index contributed by atoms with van der Waals surface area (Å²) < 4.78 is 18.2. The second-order valence-electron chi connectivity index (χ2n) is 4.85. The van der Waals surface area contributed by atoms with Gasteiger partial charge in [0.25, 0.3) is 0 Å². The number of rotatable bonds is 5. The Morgan fingerprint density at radius 1 is 1.00 bits per heavy atom. The van der Waals surface area contributed by atoms with Crippen molar-refractivity contribution in [1.82, 2.24) is 15.0 Å². The van der Waals surface area contributed by atoms with Crippen molar-refractivity contribution in [2.75, 3.05) is 12.4 Å². The zero-order chi connectivity index (χ0) is 16.1. The smallest absolute Gasteiger partial charge is 0.213 e. The van der Waals surface area contributed by atoms with Gasteiger partial charge in [-0.05, 0) is 23.8 Å². The number of pyridine rings is 1. The largest absolute Gasteiger partial charge is 0.481 e. The third kappa shape index (κ3) is 3.60. The van der Waals surface area contributed by atoms with E-state index in [1.807, 2.05) is 6.07 Å². The number of hydrogen-bond donors (Lipinski definition) is 1. The zero-order valence-electron chi connectivity index (χ0n) is 12.5. The van der Waals surface area contributed by atoms with E-state index in [2.05, 4.69) is 20.3 Å². The molecule has 5 nitrogen and oxygen atoms in total. The second-order valence-corrected chi connectivity index (χ2v) is 4.85. The van der Waals surface area contributed by atoms with Gasteiger partial charge in [-0.2, -0.15) is 0 Å². The number of nitrogens with one attached hydrogen (secondary N) is 1. The summed E-state index contributed by atoms with van der Waals surface area (Å²) in [7, 11) is 1.57. The average Bonchev–Trinajstić information content (AvgIpc) is 2.62. The fourth-order valence-electron chi connectivity index (χ4n) is 2.20. The number of aromatic nitrogens is 3. The van der Waals surface area contributed by atoms with Crippen molar-refractivity contribution in [1.29, 1.82) is 0 Å². The lowest BCUT2D eigenvalue weighted by Gasteiger charge is -2.19. The molecule has 0 spiro atoms. The number of nitrogens with zero attached hydrogens (tertiary/aromatic N) is 3. The quantitative estimate of drug-likeness (QED) is 0.784. The fraction of sp³-hybridized carbons (Fsp3) is 0.118. The van der Waals surface area contributed by atoms with Crippen LogP contribution < -0.4 is 10.1 Å². The lowest BCUT2D eigenvalue weighted by Crippen LogP contribution is -2.14. The average molecular weight is 310 g/mol. The summed E-state index contributed by atoms with van der Waals surface area (Å²) in [4.78, 5) is 12.6. The highest BCUT2D eigenvalue weighted by molar-refractivity contribution is 5.47. The van der Waals surface area contributed by atoms with Crippen LogP contribution in [0.1, 0.15) is 17.3 Å². The van der Waals surface area contributed by atoms with Gasteiger partial charge in [0.1, 0.15) is 5.82 Å². The van der Waals surface area contributed by atoms with Gasteiger partial charge in [-0.3, -0.25) is 9.97 Å². The molecule has 0 aliphatic carbocycles. The minimum Gasteiger partial charge on any atom is -0.481 e. The van der Waals surface area contributed by atoms with Gasteiger partial charge in [0.05, 0.1) is 36.9 Å². The van der Waals surface area contributed by atoms with Gasteiger partial charge in [-0.1, -0.05) is 12.1 Å². The molecule has 1 aromatic carbocycles. The first-order valence-corrected chi connectivity index (χ1v) is 7.04. The van der Waals surface area contributed by atoms with Crippen LogP contribution in [-0.2, 0) is 0 Å². The van der Waals surface area contributed by atoms with Crippen molar-refractivity contribution in [3.05, 3.63) is 78.3 Å². The van der Waals surface area contributed by atoms with Crippen LogP contribution >= 0.6 is 0 Å². The molecule has 0 radical (unpaired) electrons. The first kappa shape index (κ1) is 14.9. The van der Waals surface area contributed by atoms with E-state index in [9.17, 15) is 4.39 Å². The monoisotopic (exact) mass is 310 g/mol. The van der Waals surface area contributed by atoms with Gasteiger partial charge in [0.15, 0.2) is 0 Å². The van der Waals surface area contributed by atoms with Crippen LogP contribution in [0.25, 0.3) is 0 Å². The van der Waals surface area contributed by atoms with Crippen LogP contribution in [-0.4, -0.2) is 22.1 Å². The number of hydrogen-bond acceptors (Lipinski definition) is 5. The van der Waals surface area contributed by atoms with E-state index in [4.69, 9.17) is 4.74 Å². The lowest BCUT2D eigenvalue weighted by molar-refractivity contribution is 0.398. The molecule has 2 aromatic heterocycles. The predicted octanol–water partition coefficient (Wildman–Crippen LogP) is 3.22. The molecule has 116 valence electrons. The van der Waals surface area contributed by atoms with E-state index in [-0.39, 0.29) is 11.9 Å². The van der Waals surface area contributed by atoms with Crippen LogP contribution in [0.3, 0.4) is 0 Å². The van der Waals surface area contributed by atoms with Crippen LogP contribution in [0.5, 0.6) is 5.88 Å². The number of halogens is 1. The van der Waals surface area contributed by atoms with Crippen LogP contribution in [0.2, 0.25) is 0 Å². The summed E-state index contributed by atoms with van der Waals surface area (Å²) in [5.41, 5.74) is 2.41. The van der Waals surface area contributed by atoms with E-state index < -0.39 is 0 Å². The van der Waals surface area contributed by atoms with Gasteiger partial charge in [0, 0.05) is 18.5 Å². The topological polar surface area (TPSA) is 59.9 Å². The molecule has 3 rings (SSSR count). The maximum Gasteiger partial charge on any atom is 0.213 e. The highest BCUT2D eigenvalue weighted by atomic mass is 19.1. The Morgan fingerprint density at radius 3 is 2.43 bits per heavy atom. The number of methoxy groups -OCH3 is 1. The third-order valence-electron chi connectivity index (χ3n) is 3.34. The van der Waals surface area contributed by atoms with E-state index >= 15 is 0 Å². The number of benzene rings is 1. The molecular formula is C17H15FN4O. The van der Waals surface area contributed by atoms with Crippen molar-refractivity contribution in [2.45, 2.75) is 6.04 Å². The van der Waals surface area contributed by atoms with E-state index in [1.165, 1.54) is 12.1 Å². The van der Waals surface area contributed by atoms with E-state index in [0.717, 1.165) is 16.9 Å². The number of ether oxygens (including phenoxy) is 1. The summed E-state index contributed by atoms with van der Waals surface area (Å²) in [6.45, 7) is 0. The predicted molar refractivity (Wildman–Crippen MR) is 84.7 cm³/mol. The van der Waals surface area contributed by atoms with Crippen molar-refractivity contribution in [3.63, 3.8) is 0 Å². The van der Waals surface area contributed by atoms with Crippen molar-refractivity contribution in [2.24, 2.45) is 0 Å². The Balaban J connectivity index is 1.93. The summed E-state index contributed by atoms with van der Waals surface area (Å²) in [6, 6.07) is 9.65.